The summed E-state index contributed by atoms with van der Waals surface area (Å²) >= 11 is 3.60. The van der Waals surface area contributed by atoms with E-state index in [1.54, 1.807) is 6.08 Å². The van der Waals surface area contributed by atoms with Crippen molar-refractivity contribution in [3.05, 3.63) is 58.1 Å². The van der Waals surface area contributed by atoms with Crippen LogP contribution in [0.2, 0.25) is 0 Å². The number of fused-ring (bicyclic) bond motifs is 1. The van der Waals surface area contributed by atoms with Crippen LogP contribution < -0.4 is 0 Å². The molecule has 1 saturated heterocycles. The summed E-state index contributed by atoms with van der Waals surface area (Å²) in [7, 11) is 1.87. The summed E-state index contributed by atoms with van der Waals surface area (Å²) in [6.07, 6.45) is 7.81. The molecule has 3 atom stereocenters. The predicted octanol–water partition coefficient (Wildman–Crippen LogP) is 2.86. The minimum atomic E-state index is -0.414. The Morgan fingerprint density at radius 2 is 2.24 bits per heavy atom. The standard InChI is InChI=1S/C17H16BrNO2/c1-19-15(8-11-4-2-3-5-14(11)18)17-7-6-13(21-17)9-12(17)10-16(19)20/h2-7,10,13,15H,8-9H2,1H3/t13-,15-,17+/m0/s1. The molecule has 0 unspecified atom stereocenters. The Labute approximate surface area is 132 Å². The molecule has 1 fully saturated rings. The maximum Gasteiger partial charge on any atom is 0.246 e. The van der Waals surface area contributed by atoms with Crippen LogP contribution >= 0.6 is 15.9 Å². The molecule has 1 spiro atoms. The van der Waals surface area contributed by atoms with Crippen LogP contribution in [0.5, 0.6) is 0 Å². The molecule has 21 heavy (non-hydrogen) atoms. The van der Waals surface area contributed by atoms with Gasteiger partial charge >= 0.3 is 0 Å². The van der Waals surface area contributed by atoms with Crippen LogP contribution in [0.1, 0.15) is 12.0 Å². The Hall–Kier alpha value is -1.39. The largest absolute Gasteiger partial charge is 0.357 e. The minimum Gasteiger partial charge on any atom is -0.357 e. The van der Waals surface area contributed by atoms with Crippen molar-refractivity contribution in [2.45, 2.75) is 30.6 Å². The Bertz CT molecular complexity index is 681. The molecular formula is C17H16BrNO2. The highest BCUT2D eigenvalue weighted by Crippen LogP contribution is 2.49. The highest BCUT2D eigenvalue weighted by molar-refractivity contribution is 9.10. The Balaban J connectivity index is 1.76. The van der Waals surface area contributed by atoms with Gasteiger partial charge in [0.25, 0.3) is 0 Å². The van der Waals surface area contributed by atoms with Crippen LogP contribution in [0.3, 0.4) is 0 Å². The first kappa shape index (κ1) is 13.3. The average Bonchev–Trinajstić information content (AvgIpc) is 3.03. The number of carbonyl (C=O) groups is 1. The van der Waals surface area contributed by atoms with Crippen molar-refractivity contribution in [3.63, 3.8) is 0 Å². The minimum absolute atomic E-state index is 0.00690. The van der Waals surface area contributed by atoms with Crippen LogP contribution in [0.25, 0.3) is 0 Å². The zero-order valence-corrected chi connectivity index (χ0v) is 13.3. The fourth-order valence-corrected chi connectivity index (χ4v) is 4.12. The molecule has 0 radical (unpaired) electrons. The number of likely N-dealkylation sites (N-methyl/N-ethyl adjacent to an activating group) is 1. The van der Waals surface area contributed by atoms with Crippen LogP contribution in [-0.4, -0.2) is 35.6 Å². The van der Waals surface area contributed by atoms with Crippen molar-refractivity contribution >= 4 is 21.8 Å². The number of halogens is 1. The number of ether oxygens (including phenoxy) is 1. The molecule has 3 aliphatic rings. The number of nitrogens with zero attached hydrogens (tertiary/aromatic N) is 1. The molecule has 1 aromatic rings. The van der Waals surface area contributed by atoms with E-state index in [4.69, 9.17) is 4.74 Å². The van der Waals surface area contributed by atoms with Crippen molar-refractivity contribution in [1.29, 1.82) is 0 Å². The smallest absolute Gasteiger partial charge is 0.246 e. The molecule has 3 heterocycles. The molecule has 4 heteroatoms. The van der Waals surface area contributed by atoms with Crippen LogP contribution in [-0.2, 0) is 16.0 Å². The monoisotopic (exact) mass is 345 g/mol. The van der Waals surface area contributed by atoms with E-state index in [1.165, 1.54) is 5.56 Å². The maximum atomic E-state index is 12.3. The molecule has 0 aromatic heterocycles. The number of carbonyl (C=O) groups excluding carboxylic acids is 1. The molecule has 3 nitrogen and oxygen atoms in total. The first-order chi connectivity index (χ1) is 10.1. The molecule has 0 aliphatic carbocycles. The Kier molecular flexibility index (Phi) is 2.88. The number of rotatable bonds is 2. The summed E-state index contributed by atoms with van der Waals surface area (Å²) in [5, 5.41) is 0. The van der Waals surface area contributed by atoms with E-state index < -0.39 is 5.60 Å². The van der Waals surface area contributed by atoms with Gasteiger partial charge < -0.3 is 9.64 Å². The second-order valence-electron chi connectivity index (χ2n) is 5.94. The second-order valence-corrected chi connectivity index (χ2v) is 6.80. The zero-order chi connectivity index (χ0) is 14.6. The van der Waals surface area contributed by atoms with Gasteiger partial charge in [0, 0.05) is 24.0 Å². The van der Waals surface area contributed by atoms with Crippen LogP contribution in [0, 0.1) is 0 Å². The normalized spacial score (nSPS) is 33.3. The zero-order valence-electron chi connectivity index (χ0n) is 11.8. The van der Waals surface area contributed by atoms with Crippen molar-refractivity contribution in [2.24, 2.45) is 0 Å². The molecule has 4 rings (SSSR count). The number of amides is 1. The lowest BCUT2D eigenvalue weighted by atomic mass is 9.77. The summed E-state index contributed by atoms with van der Waals surface area (Å²) in [6, 6.07) is 8.18. The van der Waals surface area contributed by atoms with Crippen molar-refractivity contribution in [1.82, 2.24) is 4.90 Å². The first-order valence-electron chi connectivity index (χ1n) is 7.18. The third-order valence-corrected chi connectivity index (χ3v) is 5.58. The quantitative estimate of drug-likeness (QED) is 0.771. The van der Waals surface area contributed by atoms with Crippen LogP contribution in [0.15, 0.2) is 52.5 Å². The lowest BCUT2D eigenvalue weighted by Gasteiger charge is -2.43. The summed E-state index contributed by atoms with van der Waals surface area (Å²) in [4.78, 5) is 14.1. The lowest BCUT2D eigenvalue weighted by Crippen LogP contribution is -2.56. The lowest BCUT2D eigenvalue weighted by molar-refractivity contribution is -0.133. The van der Waals surface area contributed by atoms with Crippen LogP contribution in [0.4, 0.5) is 0 Å². The average molecular weight is 346 g/mol. The summed E-state index contributed by atoms with van der Waals surface area (Å²) < 4.78 is 7.30. The molecule has 0 saturated carbocycles. The van der Waals surface area contributed by atoms with E-state index in [-0.39, 0.29) is 18.1 Å². The number of hydrogen-bond donors (Lipinski definition) is 0. The third kappa shape index (κ3) is 1.86. The second kappa shape index (κ2) is 4.55. The fourth-order valence-electron chi connectivity index (χ4n) is 3.68. The van der Waals surface area contributed by atoms with Gasteiger partial charge in [-0.2, -0.15) is 0 Å². The highest BCUT2D eigenvalue weighted by Gasteiger charge is 2.55. The van der Waals surface area contributed by atoms with E-state index in [1.807, 2.05) is 30.1 Å². The summed E-state index contributed by atoms with van der Waals surface area (Å²) in [5.74, 6) is 0.0808. The van der Waals surface area contributed by atoms with Gasteiger partial charge in [0.1, 0.15) is 5.60 Å². The van der Waals surface area contributed by atoms with Gasteiger partial charge in [-0.25, -0.2) is 0 Å². The van der Waals surface area contributed by atoms with Gasteiger partial charge in [-0.15, -0.1) is 0 Å². The SMILES string of the molecule is CN1C(=O)C=C2C[C@@H]3C=C[C@]2(O3)[C@@H]1Cc1ccccc1Br. The van der Waals surface area contributed by atoms with E-state index in [9.17, 15) is 4.79 Å². The third-order valence-electron chi connectivity index (χ3n) is 4.81. The first-order valence-corrected chi connectivity index (χ1v) is 7.98. The summed E-state index contributed by atoms with van der Waals surface area (Å²) in [6.45, 7) is 0. The van der Waals surface area contributed by atoms with Gasteiger partial charge in [0.15, 0.2) is 0 Å². The van der Waals surface area contributed by atoms with Crippen molar-refractivity contribution in [3.8, 4) is 0 Å². The van der Waals surface area contributed by atoms with Gasteiger partial charge in [0.05, 0.1) is 12.1 Å². The van der Waals surface area contributed by atoms with Crippen molar-refractivity contribution < 1.29 is 9.53 Å². The fraction of sp³-hybridized carbons (Fsp3) is 0.353. The van der Waals surface area contributed by atoms with E-state index in [0.717, 1.165) is 22.9 Å². The van der Waals surface area contributed by atoms with Gasteiger partial charge in [0.2, 0.25) is 5.91 Å². The molecule has 108 valence electrons. The maximum absolute atomic E-state index is 12.3. The predicted molar refractivity (Wildman–Crippen MR) is 83.8 cm³/mol. The Morgan fingerprint density at radius 1 is 1.43 bits per heavy atom. The van der Waals surface area contributed by atoms with Gasteiger partial charge in [-0.1, -0.05) is 40.2 Å². The number of benzene rings is 1. The van der Waals surface area contributed by atoms with E-state index in [2.05, 4.69) is 34.1 Å². The molecular weight excluding hydrogens is 330 g/mol. The Morgan fingerprint density at radius 3 is 3.00 bits per heavy atom. The van der Waals surface area contributed by atoms with Crippen molar-refractivity contribution in [2.75, 3.05) is 7.05 Å². The van der Waals surface area contributed by atoms with Gasteiger partial charge in [-0.05, 0) is 29.7 Å². The number of hydrogen-bond acceptors (Lipinski definition) is 2. The molecule has 1 aromatic carbocycles. The van der Waals surface area contributed by atoms with E-state index in [0.29, 0.717) is 0 Å². The van der Waals surface area contributed by atoms with Gasteiger partial charge in [-0.3, -0.25) is 4.79 Å². The summed E-state index contributed by atoms with van der Waals surface area (Å²) in [5.41, 5.74) is 1.92. The molecule has 0 N–H and O–H groups in total. The molecule has 2 bridgehead atoms. The molecule has 1 amide bonds. The highest BCUT2D eigenvalue weighted by atomic mass is 79.9. The van der Waals surface area contributed by atoms with E-state index >= 15 is 0 Å². The topological polar surface area (TPSA) is 29.5 Å². The molecule has 3 aliphatic heterocycles.